The van der Waals surface area contributed by atoms with E-state index in [2.05, 4.69) is 25.2 Å². The molecule has 1 rings (SSSR count). The van der Waals surface area contributed by atoms with Gasteiger partial charge in [-0.15, -0.1) is 0 Å². The normalized spacial score (nSPS) is 29.8. The molecule has 0 bridgehead atoms. The van der Waals surface area contributed by atoms with Gasteiger partial charge in [0.2, 0.25) is 0 Å². The Morgan fingerprint density at radius 2 is 2.50 bits per heavy atom. The molecule has 0 saturated heterocycles. The van der Waals surface area contributed by atoms with Crippen LogP contribution in [0, 0.1) is 0 Å². The summed E-state index contributed by atoms with van der Waals surface area (Å²) in [5.74, 6) is 0. The molecule has 0 aromatic heterocycles. The van der Waals surface area contributed by atoms with E-state index >= 15 is 0 Å². The molecular formula is C7H13N. The van der Waals surface area contributed by atoms with Gasteiger partial charge in [0.1, 0.15) is 0 Å². The average Bonchev–Trinajstić information content (AvgIpc) is 1.64. The first kappa shape index (κ1) is 5.83. The maximum Gasteiger partial charge on any atom is 0.0140 e. The van der Waals surface area contributed by atoms with Crippen molar-refractivity contribution in [2.45, 2.75) is 26.3 Å². The Hall–Kier alpha value is -0.300. The van der Waals surface area contributed by atoms with Gasteiger partial charge in [-0.05, 0) is 20.3 Å². The first-order valence-corrected chi connectivity index (χ1v) is 3.18. The van der Waals surface area contributed by atoms with Gasteiger partial charge in [0, 0.05) is 12.6 Å². The van der Waals surface area contributed by atoms with Gasteiger partial charge in [0.05, 0.1) is 0 Å². The zero-order valence-corrected chi connectivity index (χ0v) is 5.57. The second-order valence-electron chi connectivity index (χ2n) is 2.56. The van der Waals surface area contributed by atoms with Crippen molar-refractivity contribution in [3.63, 3.8) is 0 Å². The molecule has 1 N–H and O–H groups in total. The molecule has 1 nitrogen and oxygen atoms in total. The molecule has 0 aliphatic carbocycles. The van der Waals surface area contributed by atoms with Gasteiger partial charge in [-0.1, -0.05) is 11.6 Å². The minimum absolute atomic E-state index is 0.694. The quantitative estimate of drug-likeness (QED) is 0.465. The van der Waals surface area contributed by atoms with E-state index in [1.807, 2.05) is 0 Å². The third kappa shape index (κ3) is 1.34. The number of nitrogens with one attached hydrogen (secondary N) is 1. The van der Waals surface area contributed by atoms with Crippen LogP contribution in [0.5, 0.6) is 0 Å². The van der Waals surface area contributed by atoms with E-state index in [0.29, 0.717) is 6.04 Å². The summed E-state index contributed by atoms with van der Waals surface area (Å²) in [7, 11) is 0. The highest BCUT2D eigenvalue weighted by molar-refractivity contribution is 5.05. The highest BCUT2D eigenvalue weighted by Gasteiger charge is 2.04. The van der Waals surface area contributed by atoms with Crippen molar-refractivity contribution in [2.24, 2.45) is 0 Å². The molecule has 0 aromatic carbocycles. The standard InChI is InChI=1S/C7H13N/c1-6-3-4-8-7(2)5-6/h3,7-8H,4-5H2,1-2H3/t7-/m0/s1. The highest BCUT2D eigenvalue weighted by Crippen LogP contribution is 2.06. The summed E-state index contributed by atoms with van der Waals surface area (Å²) >= 11 is 0. The van der Waals surface area contributed by atoms with Gasteiger partial charge >= 0.3 is 0 Å². The summed E-state index contributed by atoms with van der Waals surface area (Å²) in [6.45, 7) is 5.47. The van der Waals surface area contributed by atoms with Crippen LogP contribution in [-0.2, 0) is 0 Å². The predicted octanol–water partition coefficient (Wildman–Crippen LogP) is 1.31. The van der Waals surface area contributed by atoms with E-state index in [-0.39, 0.29) is 0 Å². The smallest absolute Gasteiger partial charge is 0.0140 e. The van der Waals surface area contributed by atoms with Crippen LogP contribution >= 0.6 is 0 Å². The SMILES string of the molecule is CC1=CCN[C@@H](C)C1. The van der Waals surface area contributed by atoms with E-state index < -0.39 is 0 Å². The molecule has 46 valence electrons. The van der Waals surface area contributed by atoms with Crippen molar-refractivity contribution in [3.05, 3.63) is 11.6 Å². The largest absolute Gasteiger partial charge is 0.310 e. The van der Waals surface area contributed by atoms with Crippen LogP contribution in [-0.4, -0.2) is 12.6 Å². The number of hydrogen-bond donors (Lipinski definition) is 1. The van der Waals surface area contributed by atoms with Crippen molar-refractivity contribution >= 4 is 0 Å². The second kappa shape index (κ2) is 2.31. The number of rotatable bonds is 0. The van der Waals surface area contributed by atoms with Crippen LogP contribution in [0.25, 0.3) is 0 Å². The summed E-state index contributed by atoms with van der Waals surface area (Å²) < 4.78 is 0. The lowest BCUT2D eigenvalue weighted by molar-refractivity contribution is 0.553. The van der Waals surface area contributed by atoms with E-state index in [0.717, 1.165) is 6.54 Å². The minimum atomic E-state index is 0.694. The molecule has 0 saturated carbocycles. The summed E-state index contributed by atoms with van der Waals surface area (Å²) in [4.78, 5) is 0. The van der Waals surface area contributed by atoms with Crippen molar-refractivity contribution < 1.29 is 0 Å². The Kier molecular flexibility index (Phi) is 1.69. The van der Waals surface area contributed by atoms with Crippen LogP contribution in [0.2, 0.25) is 0 Å². The zero-order chi connectivity index (χ0) is 5.98. The van der Waals surface area contributed by atoms with Gasteiger partial charge < -0.3 is 5.32 Å². The molecule has 0 spiro atoms. The summed E-state index contributed by atoms with van der Waals surface area (Å²) in [5.41, 5.74) is 1.52. The van der Waals surface area contributed by atoms with E-state index in [1.165, 1.54) is 12.0 Å². The zero-order valence-electron chi connectivity index (χ0n) is 5.57. The predicted molar refractivity (Wildman–Crippen MR) is 35.8 cm³/mol. The molecule has 8 heavy (non-hydrogen) atoms. The number of hydrogen-bond acceptors (Lipinski definition) is 1. The Labute approximate surface area is 50.8 Å². The third-order valence-corrected chi connectivity index (χ3v) is 1.54. The van der Waals surface area contributed by atoms with Crippen LogP contribution in [0.4, 0.5) is 0 Å². The summed E-state index contributed by atoms with van der Waals surface area (Å²) in [6.07, 6.45) is 3.47. The summed E-state index contributed by atoms with van der Waals surface area (Å²) in [5, 5.41) is 3.34. The molecule has 1 aliphatic heterocycles. The lowest BCUT2D eigenvalue weighted by Crippen LogP contribution is -2.29. The average molecular weight is 111 g/mol. The Morgan fingerprint density at radius 1 is 1.75 bits per heavy atom. The Bertz CT molecular complexity index is 105. The molecule has 1 aliphatic rings. The van der Waals surface area contributed by atoms with Crippen molar-refractivity contribution in [3.8, 4) is 0 Å². The fourth-order valence-electron chi connectivity index (χ4n) is 1.07. The van der Waals surface area contributed by atoms with E-state index in [9.17, 15) is 0 Å². The lowest BCUT2D eigenvalue weighted by Gasteiger charge is -2.17. The highest BCUT2D eigenvalue weighted by atomic mass is 14.9. The van der Waals surface area contributed by atoms with Gasteiger partial charge in [-0.3, -0.25) is 0 Å². The first-order valence-electron chi connectivity index (χ1n) is 3.18. The molecule has 0 unspecified atom stereocenters. The molecule has 0 aromatic rings. The Morgan fingerprint density at radius 3 is 2.88 bits per heavy atom. The molecule has 0 radical (unpaired) electrons. The molecule has 1 heterocycles. The van der Waals surface area contributed by atoms with Crippen LogP contribution in [0.3, 0.4) is 0 Å². The summed E-state index contributed by atoms with van der Waals surface area (Å²) in [6, 6.07) is 0.694. The second-order valence-corrected chi connectivity index (χ2v) is 2.56. The molecular weight excluding hydrogens is 98.1 g/mol. The van der Waals surface area contributed by atoms with Gasteiger partial charge in [0.25, 0.3) is 0 Å². The molecule has 1 atom stereocenters. The Balaban J connectivity index is 2.45. The lowest BCUT2D eigenvalue weighted by atomic mass is 10.1. The topological polar surface area (TPSA) is 12.0 Å². The first-order chi connectivity index (χ1) is 3.79. The van der Waals surface area contributed by atoms with Crippen LogP contribution in [0.15, 0.2) is 11.6 Å². The van der Waals surface area contributed by atoms with Crippen molar-refractivity contribution in [2.75, 3.05) is 6.54 Å². The maximum atomic E-state index is 3.34. The van der Waals surface area contributed by atoms with Crippen molar-refractivity contribution in [1.82, 2.24) is 5.32 Å². The van der Waals surface area contributed by atoms with Crippen LogP contribution < -0.4 is 5.32 Å². The molecule has 0 fully saturated rings. The van der Waals surface area contributed by atoms with E-state index in [4.69, 9.17) is 0 Å². The third-order valence-electron chi connectivity index (χ3n) is 1.54. The minimum Gasteiger partial charge on any atom is -0.310 e. The van der Waals surface area contributed by atoms with Gasteiger partial charge in [-0.2, -0.15) is 0 Å². The van der Waals surface area contributed by atoms with Crippen molar-refractivity contribution in [1.29, 1.82) is 0 Å². The monoisotopic (exact) mass is 111 g/mol. The molecule has 1 heteroatoms. The fourth-order valence-corrected chi connectivity index (χ4v) is 1.07. The van der Waals surface area contributed by atoms with Crippen LogP contribution in [0.1, 0.15) is 20.3 Å². The maximum absolute atomic E-state index is 3.34. The van der Waals surface area contributed by atoms with Gasteiger partial charge in [-0.25, -0.2) is 0 Å². The van der Waals surface area contributed by atoms with Gasteiger partial charge in [0.15, 0.2) is 0 Å². The molecule has 0 amide bonds. The van der Waals surface area contributed by atoms with E-state index in [1.54, 1.807) is 0 Å². The fraction of sp³-hybridized carbons (Fsp3) is 0.714.